The number of benzene rings is 1. The first-order valence-electron chi connectivity index (χ1n) is 5.16. The summed E-state index contributed by atoms with van der Waals surface area (Å²) >= 11 is 0. The van der Waals surface area contributed by atoms with Gasteiger partial charge < -0.3 is 10.4 Å². The molecule has 0 saturated heterocycles. The molecule has 0 radical (unpaired) electrons. The average molecular weight is 259 g/mol. The second-order valence-corrected chi connectivity index (χ2v) is 5.22. The van der Waals surface area contributed by atoms with Gasteiger partial charge in [0.2, 0.25) is 0 Å². The predicted octanol–water partition coefficient (Wildman–Crippen LogP) is 1.70. The van der Waals surface area contributed by atoms with Crippen molar-refractivity contribution < 1.29 is 18.5 Å². The molecule has 1 aromatic carbocycles. The first-order chi connectivity index (χ1) is 8.04. The zero-order valence-electron chi connectivity index (χ0n) is 9.40. The third-order valence-electron chi connectivity index (χ3n) is 2.18. The lowest BCUT2D eigenvalue weighted by atomic mass is 10.2. The summed E-state index contributed by atoms with van der Waals surface area (Å²) in [5.74, 6) is -0.993. The summed E-state index contributed by atoms with van der Waals surface area (Å²) in [6, 6.07) is 3.82. The van der Waals surface area contributed by atoms with Crippen LogP contribution in [0.5, 0.6) is 0 Å². The molecule has 0 spiro atoms. The van der Waals surface area contributed by atoms with Gasteiger partial charge in [0.25, 0.3) is 0 Å². The standard InChI is InChI=1S/C11H14FNO3S/c1-2-17(16)6-5-13-8-3-4-9(11(14)15)10(12)7-8/h3-4,7,13H,2,5-6H2,1H3,(H,14,15). The summed E-state index contributed by atoms with van der Waals surface area (Å²) < 4.78 is 24.4. The van der Waals surface area contributed by atoms with Gasteiger partial charge in [-0.2, -0.15) is 0 Å². The van der Waals surface area contributed by atoms with E-state index in [9.17, 15) is 13.4 Å². The maximum absolute atomic E-state index is 13.3. The number of hydrogen-bond acceptors (Lipinski definition) is 3. The first kappa shape index (κ1) is 13.6. The van der Waals surface area contributed by atoms with Crippen LogP contribution in [0.1, 0.15) is 17.3 Å². The number of hydrogen-bond donors (Lipinski definition) is 2. The van der Waals surface area contributed by atoms with Crippen molar-refractivity contribution in [2.24, 2.45) is 0 Å². The van der Waals surface area contributed by atoms with Crippen LogP contribution in [0.15, 0.2) is 18.2 Å². The number of rotatable bonds is 6. The molecule has 0 bridgehead atoms. The van der Waals surface area contributed by atoms with Gasteiger partial charge in [-0.25, -0.2) is 9.18 Å². The van der Waals surface area contributed by atoms with Crippen LogP contribution >= 0.6 is 0 Å². The molecule has 0 aliphatic carbocycles. The van der Waals surface area contributed by atoms with Crippen LogP contribution in [0.2, 0.25) is 0 Å². The predicted molar refractivity (Wildman–Crippen MR) is 65.4 cm³/mol. The largest absolute Gasteiger partial charge is 0.478 e. The van der Waals surface area contributed by atoms with Crippen molar-refractivity contribution in [2.75, 3.05) is 23.4 Å². The van der Waals surface area contributed by atoms with Crippen molar-refractivity contribution in [3.8, 4) is 0 Å². The van der Waals surface area contributed by atoms with Crippen LogP contribution in [0.25, 0.3) is 0 Å². The van der Waals surface area contributed by atoms with Gasteiger partial charge in [0.15, 0.2) is 0 Å². The Bertz CT molecular complexity index is 437. The van der Waals surface area contributed by atoms with Gasteiger partial charge in [-0.05, 0) is 18.2 Å². The quantitative estimate of drug-likeness (QED) is 0.816. The number of anilines is 1. The van der Waals surface area contributed by atoms with E-state index in [-0.39, 0.29) is 5.56 Å². The van der Waals surface area contributed by atoms with Crippen molar-refractivity contribution in [1.29, 1.82) is 0 Å². The zero-order chi connectivity index (χ0) is 12.8. The van der Waals surface area contributed by atoms with E-state index < -0.39 is 22.6 Å². The molecule has 2 N–H and O–H groups in total. The monoisotopic (exact) mass is 259 g/mol. The Hall–Kier alpha value is -1.43. The van der Waals surface area contributed by atoms with Crippen LogP contribution in [-0.2, 0) is 10.8 Å². The minimum atomic E-state index is -1.29. The Balaban J connectivity index is 2.59. The number of nitrogens with one attached hydrogen (secondary N) is 1. The smallest absolute Gasteiger partial charge is 0.338 e. The summed E-state index contributed by atoms with van der Waals surface area (Å²) in [6.07, 6.45) is 0. The Morgan fingerprint density at radius 1 is 1.53 bits per heavy atom. The molecule has 0 aliphatic heterocycles. The van der Waals surface area contributed by atoms with Crippen LogP contribution in [0.3, 0.4) is 0 Å². The Morgan fingerprint density at radius 3 is 2.76 bits per heavy atom. The van der Waals surface area contributed by atoms with Gasteiger partial charge in [-0.15, -0.1) is 0 Å². The molecule has 94 valence electrons. The highest BCUT2D eigenvalue weighted by atomic mass is 32.2. The highest BCUT2D eigenvalue weighted by Gasteiger charge is 2.10. The van der Waals surface area contributed by atoms with E-state index >= 15 is 0 Å². The molecule has 1 rings (SSSR count). The maximum atomic E-state index is 13.3. The van der Waals surface area contributed by atoms with Crippen molar-refractivity contribution in [2.45, 2.75) is 6.92 Å². The maximum Gasteiger partial charge on any atom is 0.338 e. The fourth-order valence-electron chi connectivity index (χ4n) is 1.25. The summed E-state index contributed by atoms with van der Waals surface area (Å²) in [5.41, 5.74) is 0.133. The Morgan fingerprint density at radius 2 is 2.24 bits per heavy atom. The van der Waals surface area contributed by atoms with Crippen LogP contribution < -0.4 is 5.32 Å². The second-order valence-electron chi connectivity index (χ2n) is 3.36. The van der Waals surface area contributed by atoms with Crippen molar-refractivity contribution in [3.63, 3.8) is 0 Å². The Kier molecular flexibility index (Phi) is 5.09. The average Bonchev–Trinajstić information content (AvgIpc) is 2.28. The minimum Gasteiger partial charge on any atom is -0.478 e. The molecule has 6 heteroatoms. The van der Waals surface area contributed by atoms with E-state index in [1.54, 1.807) is 0 Å². The van der Waals surface area contributed by atoms with Gasteiger partial charge in [-0.3, -0.25) is 4.21 Å². The molecule has 0 aliphatic rings. The van der Waals surface area contributed by atoms with E-state index in [1.165, 1.54) is 12.1 Å². The fraction of sp³-hybridized carbons (Fsp3) is 0.364. The molecular weight excluding hydrogens is 245 g/mol. The molecule has 0 heterocycles. The molecule has 1 atom stereocenters. The Labute approximate surface area is 101 Å². The van der Waals surface area contributed by atoms with E-state index in [2.05, 4.69) is 5.32 Å². The van der Waals surface area contributed by atoms with E-state index in [1.807, 2.05) is 6.92 Å². The third kappa shape index (κ3) is 4.14. The highest BCUT2D eigenvalue weighted by Crippen LogP contribution is 2.14. The van der Waals surface area contributed by atoms with Gasteiger partial charge in [0, 0.05) is 34.5 Å². The van der Waals surface area contributed by atoms with E-state index in [4.69, 9.17) is 5.11 Å². The van der Waals surface area contributed by atoms with Crippen molar-refractivity contribution in [3.05, 3.63) is 29.6 Å². The molecule has 1 unspecified atom stereocenters. The second kappa shape index (κ2) is 6.34. The molecule has 1 aromatic rings. The van der Waals surface area contributed by atoms with Gasteiger partial charge in [0.05, 0.1) is 5.56 Å². The number of carboxylic acid groups (broad SMARTS) is 1. The molecule has 4 nitrogen and oxygen atoms in total. The van der Waals surface area contributed by atoms with E-state index in [0.717, 1.165) is 6.07 Å². The molecule has 17 heavy (non-hydrogen) atoms. The van der Waals surface area contributed by atoms with Crippen LogP contribution in [0, 0.1) is 5.82 Å². The number of aromatic carboxylic acids is 1. The van der Waals surface area contributed by atoms with Crippen molar-refractivity contribution in [1.82, 2.24) is 0 Å². The first-order valence-corrected chi connectivity index (χ1v) is 6.65. The molecule has 0 aromatic heterocycles. The topological polar surface area (TPSA) is 66.4 Å². The van der Waals surface area contributed by atoms with Crippen LogP contribution in [0.4, 0.5) is 10.1 Å². The molecule has 0 amide bonds. The van der Waals surface area contributed by atoms with Gasteiger partial charge in [-0.1, -0.05) is 6.92 Å². The normalized spacial score (nSPS) is 12.1. The van der Waals surface area contributed by atoms with Crippen molar-refractivity contribution >= 4 is 22.5 Å². The van der Waals surface area contributed by atoms with Gasteiger partial charge >= 0.3 is 5.97 Å². The lowest BCUT2D eigenvalue weighted by Gasteiger charge is -2.06. The lowest BCUT2D eigenvalue weighted by molar-refractivity contribution is 0.0692. The molecule has 0 saturated carbocycles. The minimum absolute atomic E-state index is 0.354. The van der Waals surface area contributed by atoms with Gasteiger partial charge in [0.1, 0.15) is 5.82 Å². The third-order valence-corrected chi connectivity index (χ3v) is 3.48. The van der Waals surface area contributed by atoms with E-state index in [0.29, 0.717) is 23.7 Å². The highest BCUT2D eigenvalue weighted by molar-refractivity contribution is 7.84. The number of carbonyl (C=O) groups is 1. The lowest BCUT2D eigenvalue weighted by Crippen LogP contribution is -2.12. The molecular formula is C11H14FNO3S. The summed E-state index contributed by atoms with van der Waals surface area (Å²) in [6.45, 7) is 2.30. The number of halogens is 1. The number of carboxylic acids is 1. The SMILES string of the molecule is CCS(=O)CCNc1ccc(C(=O)O)c(F)c1. The van der Waals surface area contributed by atoms with Crippen LogP contribution in [-0.4, -0.2) is 33.3 Å². The summed E-state index contributed by atoms with van der Waals surface area (Å²) in [5, 5.41) is 11.5. The summed E-state index contributed by atoms with van der Waals surface area (Å²) in [7, 11) is -0.868. The zero-order valence-corrected chi connectivity index (χ0v) is 10.2. The fourth-order valence-corrected chi connectivity index (χ4v) is 1.87. The summed E-state index contributed by atoms with van der Waals surface area (Å²) in [4.78, 5) is 10.6. The molecule has 0 fully saturated rings.